The van der Waals surface area contributed by atoms with Crippen molar-refractivity contribution in [3.63, 3.8) is 0 Å². The van der Waals surface area contributed by atoms with Crippen LogP contribution in [-0.2, 0) is 16.1 Å². The van der Waals surface area contributed by atoms with Gasteiger partial charge in [0.15, 0.2) is 0 Å². The van der Waals surface area contributed by atoms with E-state index in [0.717, 1.165) is 35.6 Å². The lowest BCUT2D eigenvalue weighted by Gasteiger charge is -2.39. The second kappa shape index (κ2) is 8.79. The van der Waals surface area contributed by atoms with Crippen molar-refractivity contribution in [3.8, 4) is 5.75 Å². The molecule has 31 heavy (non-hydrogen) atoms. The van der Waals surface area contributed by atoms with E-state index in [0.29, 0.717) is 18.6 Å². The van der Waals surface area contributed by atoms with Crippen LogP contribution in [0.25, 0.3) is 0 Å². The van der Waals surface area contributed by atoms with E-state index in [2.05, 4.69) is 29.7 Å². The van der Waals surface area contributed by atoms with E-state index < -0.39 is 6.09 Å². The van der Waals surface area contributed by atoms with Gasteiger partial charge in [0, 0.05) is 29.6 Å². The van der Waals surface area contributed by atoms with E-state index >= 15 is 0 Å². The molecule has 1 aliphatic carbocycles. The van der Waals surface area contributed by atoms with Gasteiger partial charge in [-0.3, -0.25) is 0 Å². The van der Waals surface area contributed by atoms with E-state index in [1.807, 2.05) is 36.4 Å². The van der Waals surface area contributed by atoms with Gasteiger partial charge in [0.25, 0.3) is 0 Å². The molecule has 1 saturated heterocycles. The summed E-state index contributed by atoms with van der Waals surface area (Å²) in [5.74, 6) is 1.73. The third-order valence-corrected chi connectivity index (χ3v) is 6.58. The molecular weight excluding hydrogens is 392 g/mol. The molecule has 5 rings (SSSR count). The number of ether oxygens (including phenoxy) is 3. The molecular formula is C25H30N2O4. The molecule has 2 aromatic rings. The summed E-state index contributed by atoms with van der Waals surface area (Å²) in [4.78, 5) is 12.7. The van der Waals surface area contributed by atoms with E-state index in [4.69, 9.17) is 14.2 Å². The highest BCUT2D eigenvalue weighted by molar-refractivity contribution is 5.70. The van der Waals surface area contributed by atoms with Crippen molar-refractivity contribution in [1.82, 2.24) is 5.32 Å². The van der Waals surface area contributed by atoms with Crippen LogP contribution in [0.15, 0.2) is 48.5 Å². The van der Waals surface area contributed by atoms with Crippen molar-refractivity contribution in [2.24, 2.45) is 11.8 Å². The van der Waals surface area contributed by atoms with Crippen LogP contribution in [0, 0.1) is 11.8 Å². The summed E-state index contributed by atoms with van der Waals surface area (Å²) in [6, 6.07) is 16.1. The molecule has 4 atom stereocenters. The Balaban J connectivity index is 1.33. The monoisotopic (exact) mass is 422 g/mol. The number of benzene rings is 2. The van der Waals surface area contributed by atoms with Gasteiger partial charge in [0.2, 0.25) is 0 Å². The molecule has 1 saturated carbocycles. The van der Waals surface area contributed by atoms with E-state index in [9.17, 15) is 4.79 Å². The highest BCUT2D eigenvalue weighted by Gasteiger charge is 2.42. The predicted molar refractivity (Wildman–Crippen MR) is 118 cm³/mol. The SMILES string of the molecule is C[C@@H]1[C@@H](NC(=O)OCc2ccccc2)c2cc(OC3CCOC3)ccc2N[C@H]1C1CC1. The Morgan fingerprint density at radius 3 is 2.74 bits per heavy atom. The van der Waals surface area contributed by atoms with Crippen LogP contribution in [0.1, 0.15) is 43.4 Å². The maximum absolute atomic E-state index is 12.7. The van der Waals surface area contributed by atoms with Gasteiger partial charge in [-0.15, -0.1) is 0 Å². The van der Waals surface area contributed by atoms with Crippen LogP contribution >= 0.6 is 0 Å². The van der Waals surface area contributed by atoms with Crippen LogP contribution in [0.2, 0.25) is 0 Å². The minimum absolute atomic E-state index is 0.0912. The minimum atomic E-state index is -0.390. The third kappa shape index (κ3) is 4.64. The maximum atomic E-state index is 12.7. The quantitative estimate of drug-likeness (QED) is 0.709. The van der Waals surface area contributed by atoms with Gasteiger partial charge in [0.1, 0.15) is 18.5 Å². The molecule has 164 valence electrons. The summed E-state index contributed by atoms with van der Waals surface area (Å²) in [6.45, 7) is 3.84. The Kier molecular flexibility index (Phi) is 5.72. The zero-order valence-corrected chi connectivity index (χ0v) is 17.9. The molecule has 1 unspecified atom stereocenters. The molecule has 2 N–H and O–H groups in total. The van der Waals surface area contributed by atoms with Crippen LogP contribution in [0.4, 0.5) is 10.5 Å². The molecule has 0 bridgehead atoms. The molecule has 2 heterocycles. The average Bonchev–Trinajstić information content (AvgIpc) is 3.51. The lowest BCUT2D eigenvalue weighted by atomic mass is 9.81. The second-order valence-electron chi connectivity index (χ2n) is 8.90. The third-order valence-electron chi connectivity index (χ3n) is 6.58. The summed E-state index contributed by atoms with van der Waals surface area (Å²) < 4.78 is 17.1. The summed E-state index contributed by atoms with van der Waals surface area (Å²) in [5, 5.41) is 6.87. The summed E-state index contributed by atoms with van der Waals surface area (Å²) in [6.07, 6.45) is 3.09. The first-order valence-electron chi connectivity index (χ1n) is 11.3. The van der Waals surface area contributed by atoms with Crippen molar-refractivity contribution in [2.75, 3.05) is 18.5 Å². The average molecular weight is 423 g/mol. The Morgan fingerprint density at radius 1 is 1.16 bits per heavy atom. The number of carbonyl (C=O) groups is 1. The van der Waals surface area contributed by atoms with Crippen molar-refractivity contribution < 1.29 is 19.0 Å². The fourth-order valence-electron chi connectivity index (χ4n) is 4.71. The topological polar surface area (TPSA) is 68.8 Å². The fourth-order valence-corrected chi connectivity index (χ4v) is 4.71. The highest BCUT2D eigenvalue weighted by Crippen LogP contribution is 2.46. The number of fused-ring (bicyclic) bond motifs is 1. The number of rotatable bonds is 6. The lowest BCUT2D eigenvalue weighted by molar-refractivity contribution is 0.130. The normalized spacial score (nSPS) is 27.1. The van der Waals surface area contributed by atoms with Crippen molar-refractivity contribution in [3.05, 3.63) is 59.7 Å². The van der Waals surface area contributed by atoms with Crippen molar-refractivity contribution in [1.29, 1.82) is 0 Å². The number of nitrogens with one attached hydrogen (secondary N) is 2. The highest BCUT2D eigenvalue weighted by atomic mass is 16.6. The van der Waals surface area contributed by atoms with E-state index in [1.54, 1.807) is 0 Å². The van der Waals surface area contributed by atoms with Gasteiger partial charge < -0.3 is 24.8 Å². The molecule has 0 radical (unpaired) electrons. The second-order valence-corrected chi connectivity index (χ2v) is 8.90. The predicted octanol–water partition coefficient (Wildman–Crippen LogP) is 4.66. The first kappa shape index (κ1) is 20.2. The van der Waals surface area contributed by atoms with Gasteiger partial charge >= 0.3 is 6.09 Å². The first-order chi connectivity index (χ1) is 15.2. The molecule has 1 amide bonds. The Morgan fingerprint density at radius 2 is 2.00 bits per heavy atom. The van der Waals surface area contributed by atoms with Gasteiger partial charge in [-0.05, 0) is 42.5 Å². The van der Waals surface area contributed by atoms with Crippen molar-refractivity contribution >= 4 is 11.8 Å². The maximum Gasteiger partial charge on any atom is 0.407 e. The summed E-state index contributed by atoms with van der Waals surface area (Å²) >= 11 is 0. The number of anilines is 1. The number of alkyl carbamates (subject to hydrolysis) is 1. The molecule has 6 heteroatoms. The molecule has 0 spiro atoms. The van der Waals surface area contributed by atoms with Gasteiger partial charge in [0.05, 0.1) is 19.3 Å². The fraction of sp³-hybridized carbons (Fsp3) is 0.480. The zero-order chi connectivity index (χ0) is 21.2. The largest absolute Gasteiger partial charge is 0.488 e. The summed E-state index contributed by atoms with van der Waals surface area (Å²) in [5.41, 5.74) is 3.09. The van der Waals surface area contributed by atoms with Crippen LogP contribution in [0.3, 0.4) is 0 Å². The molecule has 6 nitrogen and oxygen atoms in total. The molecule has 3 aliphatic rings. The van der Waals surface area contributed by atoms with Gasteiger partial charge in [-0.2, -0.15) is 0 Å². The van der Waals surface area contributed by atoms with Gasteiger partial charge in [-0.1, -0.05) is 37.3 Å². The number of hydrogen-bond donors (Lipinski definition) is 2. The molecule has 0 aromatic heterocycles. The van der Waals surface area contributed by atoms with Crippen LogP contribution in [-0.4, -0.2) is 31.5 Å². The summed E-state index contributed by atoms with van der Waals surface area (Å²) in [7, 11) is 0. The number of hydrogen-bond acceptors (Lipinski definition) is 5. The van der Waals surface area contributed by atoms with E-state index in [-0.39, 0.29) is 24.7 Å². The number of carbonyl (C=O) groups excluding carboxylic acids is 1. The molecule has 2 fully saturated rings. The van der Waals surface area contributed by atoms with Crippen molar-refractivity contribution in [2.45, 2.75) is 51.0 Å². The molecule has 2 aliphatic heterocycles. The Bertz CT molecular complexity index is 909. The molecule has 2 aromatic carbocycles. The Hall–Kier alpha value is -2.73. The minimum Gasteiger partial charge on any atom is -0.488 e. The standard InChI is InChI=1S/C25H30N2O4/c1-16-23(18-7-8-18)26-22-10-9-19(31-20-11-12-29-15-20)13-21(22)24(16)27-25(28)30-14-17-5-3-2-4-6-17/h2-6,9-10,13,16,18,20,23-24,26H,7-8,11-12,14-15H2,1H3,(H,27,28)/t16-,20?,23+,24+/m0/s1. The lowest BCUT2D eigenvalue weighted by Crippen LogP contribution is -2.45. The first-order valence-corrected chi connectivity index (χ1v) is 11.3. The van der Waals surface area contributed by atoms with Crippen LogP contribution < -0.4 is 15.4 Å². The Labute approximate surface area is 183 Å². The smallest absolute Gasteiger partial charge is 0.407 e. The number of amides is 1. The van der Waals surface area contributed by atoms with Crippen LogP contribution in [0.5, 0.6) is 5.75 Å². The zero-order valence-electron chi connectivity index (χ0n) is 17.9. The van der Waals surface area contributed by atoms with Gasteiger partial charge in [-0.25, -0.2) is 4.79 Å². The van der Waals surface area contributed by atoms with E-state index in [1.165, 1.54) is 12.8 Å².